The molecule has 10 heteroatoms. The lowest BCUT2D eigenvalue weighted by Crippen LogP contribution is -2.58. The predicted molar refractivity (Wildman–Crippen MR) is 55.2 cm³/mol. The largest absolute Gasteiger partial charge is 0.399 e. The van der Waals surface area contributed by atoms with Crippen molar-refractivity contribution in [1.82, 2.24) is 0 Å². The van der Waals surface area contributed by atoms with Crippen LogP contribution >= 0.6 is 0 Å². The van der Waals surface area contributed by atoms with Crippen molar-refractivity contribution in [3.63, 3.8) is 0 Å². The maximum Gasteiger partial charge on any atom is 0.289 e. The van der Waals surface area contributed by atoms with Gasteiger partial charge >= 0.3 is 0 Å². The first-order chi connectivity index (χ1) is 6.98. The van der Waals surface area contributed by atoms with E-state index in [-0.39, 0.29) is 5.70 Å². The zero-order valence-corrected chi connectivity index (χ0v) is 9.44. The molecule has 0 spiro atoms. The minimum absolute atomic E-state index is 0.139. The van der Waals surface area contributed by atoms with Crippen LogP contribution in [0, 0.1) is 0 Å². The molecule has 92 valence electrons. The Balaban J connectivity index is 3.50. The average Bonchev–Trinajstić information content (AvgIpc) is 1.98. The van der Waals surface area contributed by atoms with Gasteiger partial charge in [0.25, 0.3) is 20.2 Å². The van der Waals surface area contributed by atoms with Crippen LogP contribution in [0.15, 0.2) is 23.9 Å². The number of hydrogen-bond donors (Lipinski definition) is 4. The van der Waals surface area contributed by atoms with Crippen LogP contribution in [0.3, 0.4) is 0 Å². The molecule has 2 atom stereocenters. The molecule has 1 aliphatic carbocycles. The lowest BCUT2D eigenvalue weighted by molar-refractivity contribution is 0.427. The topological polar surface area (TPSA) is 161 Å². The molecule has 0 saturated carbocycles. The van der Waals surface area contributed by atoms with Gasteiger partial charge in [0.15, 0.2) is 4.87 Å². The quantitative estimate of drug-likeness (QED) is 0.427. The van der Waals surface area contributed by atoms with Gasteiger partial charge in [0.05, 0.1) is 0 Å². The van der Waals surface area contributed by atoms with Crippen molar-refractivity contribution in [2.75, 3.05) is 0 Å². The van der Waals surface area contributed by atoms with Gasteiger partial charge in [-0.3, -0.25) is 9.11 Å². The molecule has 0 aromatic carbocycles. The molecule has 6 N–H and O–H groups in total. The highest BCUT2D eigenvalue weighted by molar-refractivity contribution is 7.91. The van der Waals surface area contributed by atoms with Crippen molar-refractivity contribution in [3.05, 3.63) is 23.9 Å². The summed E-state index contributed by atoms with van der Waals surface area (Å²) in [4.78, 5) is -2.70. The normalized spacial score (nSPS) is 31.2. The molecule has 2 unspecified atom stereocenters. The number of allylic oxidation sites excluding steroid dienone is 1. The highest BCUT2D eigenvalue weighted by Gasteiger charge is 2.51. The smallest absolute Gasteiger partial charge is 0.289 e. The summed E-state index contributed by atoms with van der Waals surface area (Å²) < 4.78 is 61.6. The summed E-state index contributed by atoms with van der Waals surface area (Å²) in [6.45, 7) is 0. The molecule has 1 rings (SSSR count). The molecule has 16 heavy (non-hydrogen) atoms. The van der Waals surface area contributed by atoms with Crippen molar-refractivity contribution in [2.45, 2.75) is 10.1 Å². The molecule has 8 nitrogen and oxygen atoms in total. The summed E-state index contributed by atoms with van der Waals surface area (Å²) in [6, 6.07) is 0. The monoisotopic (exact) mass is 270 g/mol. The van der Waals surface area contributed by atoms with Crippen LogP contribution in [0.4, 0.5) is 0 Å². The molecule has 0 fully saturated rings. The van der Waals surface area contributed by atoms with Crippen molar-refractivity contribution >= 4 is 20.2 Å². The predicted octanol–water partition coefficient (Wildman–Crippen LogP) is -1.80. The van der Waals surface area contributed by atoms with Crippen LogP contribution in [0.2, 0.25) is 0 Å². The fourth-order valence-electron chi connectivity index (χ4n) is 1.29. The SMILES string of the molecule is NC1=CC(N)(S(=O)(=O)O)C(S(=O)(=O)O)C=C1. The number of rotatable bonds is 2. The van der Waals surface area contributed by atoms with Gasteiger partial charge in [-0.05, 0) is 12.2 Å². The van der Waals surface area contributed by atoms with Crippen LogP contribution in [0.1, 0.15) is 0 Å². The molecule has 0 aliphatic heterocycles. The highest BCUT2D eigenvalue weighted by atomic mass is 32.2. The third-order valence-corrected chi connectivity index (χ3v) is 4.67. The van der Waals surface area contributed by atoms with E-state index in [0.29, 0.717) is 6.08 Å². The summed E-state index contributed by atoms with van der Waals surface area (Å²) in [6.07, 6.45) is 2.51. The van der Waals surface area contributed by atoms with Crippen LogP contribution in [0.5, 0.6) is 0 Å². The van der Waals surface area contributed by atoms with Crippen LogP contribution in [-0.4, -0.2) is 36.1 Å². The summed E-state index contributed by atoms with van der Waals surface area (Å²) in [5, 5.41) is -2.01. The van der Waals surface area contributed by atoms with E-state index in [9.17, 15) is 16.8 Å². The Labute approximate surface area is 92.1 Å². The zero-order chi connectivity index (χ0) is 12.8. The second-order valence-corrected chi connectivity index (χ2v) is 6.46. The van der Waals surface area contributed by atoms with E-state index >= 15 is 0 Å². The lowest BCUT2D eigenvalue weighted by atomic mass is 10.1. The van der Waals surface area contributed by atoms with Crippen molar-refractivity contribution in [2.24, 2.45) is 11.5 Å². The van der Waals surface area contributed by atoms with Crippen LogP contribution in [0.25, 0.3) is 0 Å². The van der Waals surface area contributed by atoms with Gasteiger partial charge in [-0.15, -0.1) is 0 Å². The first-order valence-corrected chi connectivity index (χ1v) is 6.81. The Kier molecular flexibility index (Phi) is 2.90. The van der Waals surface area contributed by atoms with Gasteiger partial charge in [0.1, 0.15) is 5.25 Å². The maximum atomic E-state index is 11.0. The van der Waals surface area contributed by atoms with E-state index < -0.39 is 30.4 Å². The molecular formula is C6H10N2O6S2. The Morgan fingerprint density at radius 1 is 1.25 bits per heavy atom. The minimum Gasteiger partial charge on any atom is -0.399 e. The summed E-state index contributed by atoms with van der Waals surface area (Å²) in [5.41, 5.74) is 10.4. The second kappa shape index (κ2) is 3.53. The van der Waals surface area contributed by atoms with Gasteiger partial charge in [0.2, 0.25) is 0 Å². The molecule has 0 saturated heterocycles. The van der Waals surface area contributed by atoms with E-state index in [2.05, 4.69) is 0 Å². The van der Waals surface area contributed by atoms with Gasteiger partial charge in [-0.1, -0.05) is 6.08 Å². The zero-order valence-electron chi connectivity index (χ0n) is 7.81. The molecule has 0 heterocycles. The van der Waals surface area contributed by atoms with Crippen LogP contribution < -0.4 is 11.5 Å². The summed E-state index contributed by atoms with van der Waals surface area (Å²) >= 11 is 0. The van der Waals surface area contributed by atoms with Crippen LogP contribution in [-0.2, 0) is 20.2 Å². The first kappa shape index (κ1) is 13.1. The van der Waals surface area contributed by atoms with E-state index in [4.69, 9.17) is 20.6 Å². The van der Waals surface area contributed by atoms with E-state index in [1.54, 1.807) is 0 Å². The lowest BCUT2D eigenvalue weighted by Gasteiger charge is -2.30. The minimum atomic E-state index is -4.96. The Morgan fingerprint density at radius 3 is 2.12 bits per heavy atom. The molecule has 0 amide bonds. The van der Waals surface area contributed by atoms with Gasteiger partial charge in [-0.2, -0.15) is 16.8 Å². The van der Waals surface area contributed by atoms with Crippen molar-refractivity contribution in [1.29, 1.82) is 0 Å². The summed E-state index contributed by atoms with van der Waals surface area (Å²) in [7, 11) is -9.75. The third-order valence-electron chi connectivity index (χ3n) is 2.07. The fourth-order valence-corrected chi connectivity index (χ4v) is 3.49. The standard InChI is InChI=1S/C6H10N2O6S2/c7-4-1-2-5(15(9,10)11)6(8,3-4)16(12,13)14/h1-3,5H,7-8H2,(H,9,10,11)(H,12,13,14). The number of hydrogen-bond acceptors (Lipinski definition) is 6. The Bertz CT molecular complexity index is 560. The Morgan fingerprint density at radius 2 is 1.75 bits per heavy atom. The van der Waals surface area contributed by atoms with Gasteiger partial charge in [0, 0.05) is 5.70 Å². The molecular weight excluding hydrogens is 260 g/mol. The maximum absolute atomic E-state index is 11.0. The molecule has 0 bridgehead atoms. The van der Waals surface area contributed by atoms with E-state index in [1.807, 2.05) is 0 Å². The van der Waals surface area contributed by atoms with Gasteiger partial charge < -0.3 is 11.5 Å². The Hall–Kier alpha value is -0.940. The van der Waals surface area contributed by atoms with Crippen molar-refractivity contribution < 1.29 is 25.9 Å². The number of nitrogens with two attached hydrogens (primary N) is 2. The second-order valence-electron chi connectivity index (χ2n) is 3.27. The molecule has 0 radical (unpaired) electrons. The van der Waals surface area contributed by atoms with E-state index in [1.165, 1.54) is 0 Å². The third kappa shape index (κ3) is 2.10. The van der Waals surface area contributed by atoms with Gasteiger partial charge in [-0.25, -0.2) is 0 Å². The molecule has 0 aromatic rings. The molecule has 0 aromatic heterocycles. The van der Waals surface area contributed by atoms with Crippen molar-refractivity contribution in [3.8, 4) is 0 Å². The van der Waals surface area contributed by atoms with E-state index in [0.717, 1.165) is 12.2 Å². The first-order valence-electron chi connectivity index (χ1n) is 3.87. The average molecular weight is 270 g/mol. The highest BCUT2D eigenvalue weighted by Crippen LogP contribution is 2.27. The summed E-state index contributed by atoms with van der Waals surface area (Å²) in [5.74, 6) is 0. The fraction of sp³-hybridized carbons (Fsp3) is 0.333. The molecule has 1 aliphatic rings.